The maximum atomic E-state index is 11.7. The summed E-state index contributed by atoms with van der Waals surface area (Å²) in [5.74, 6) is -1.70. The van der Waals surface area contributed by atoms with Gasteiger partial charge in [0.15, 0.2) is 6.04 Å². The Balaban J connectivity index is 2.78. The van der Waals surface area contributed by atoms with Gasteiger partial charge in [0, 0.05) is 4.88 Å². The second-order valence-corrected chi connectivity index (χ2v) is 4.85. The molecule has 0 aromatic carbocycles. The van der Waals surface area contributed by atoms with Gasteiger partial charge in [-0.2, -0.15) is 0 Å². The third-order valence-corrected chi connectivity index (χ3v) is 3.50. The monoisotopic (exact) mass is 257 g/mol. The summed E-state index contributed by atoms with van der Waals surface area (Å²) in [4.78, 5) is 23.9. The first kappa shape index (κ1) is 13.7. The van der Waals surface area contributed by atoms with E-state index in [0.29, 0.717) is 4.88 Å². The Bertz CT molecular complexity index is 427. The normalized spacial score (nSPS) is 12.2. The number of carboxylic acid groups (broad SMARTS) is 1. The van der Waals surface area contributed by atoms with E-state index in [0.717, 1.165) is 16.9 Å². The molecule has 0 bridgehead atoms. The van der Waals surface area contributed by atoms with Crippen molar-refractivity contribution >= 4 is 23.2 Å². The Hall–Kier alpha value is -1.40. The number of aliphatic hydroxyl groups is 1. The molecule has 94 valence electrons. The maximum Gasteiger partial charge on any atom is 0.328 e. The van der Waals surface area contributed by atoms with E-state index in [1.165, 1.54) is 11.3 Å². The van der Waals surface area contributed by atoms with Crippen molar-refractivity contribution in [1.82, 2.24) is 5.32 Å². The third kappa shape index (κ3) is 3.28. The molecule has 1 heterocycles. The van der Waals surface area contributed by atoms with Gasteiger partial charge in [0.05, 0.1) is 11.5 Å². The van der Waals surface area contributed by atoms with E-state index in [9.17, 15) is 9.59 Å². The van der Waals surface area contributed by atoms with Gasteiger partial charge in [0.2, 0.25) is 0 Å². The summed E-state index contributed by atoms with van der Waals surface area (Å²) < 4.78 is 0. The minimum atomic E-state index is -1.25. The molecule has 0 unspecified atom stereocenters. The molecule has 0 aliphatic heterocycles. The van der Waals surface area contributed by atoms with Gasteiger partial charge < -0.3 is 15.5 Å². The van der Waals surface area contributed by atoms with Crippen molar-refractivity contribution in [3.63, 3.8) is 0 Å². The number of carboxylic acids is 1. The minimum Gasteiger partial charge on any atom is -0.480 e. The number of aliphatic carboxylic acids is 1. The Labute approximate surface area is 103 Å². The SMILES string of the molecule is CCc1cc(C(=O)N[C@@H](CO)C(=O)O)sc1C. The van der Waals surface area contributed by atoms with Crippen LogP contribution in [0.4, 0.5) is 0 Å². The van der Waals surface area contributed by atoms with Gasteiger partial charge in [0.1, 0.15) is 0 Å². The van der Waals surface area contributed by atoms with E-state index in [-0.39, 0.29) is 0 Å². The first-order valence-corrected chi connectivity index (χ1v) is 6.05. The number of hydrogen-bond acceptors (Lipinski definition) is 4. The molecule has 17 heavy (non-hydrogen) atoms. The molecular formula is C11H15NO4S. The van der Waals surface area contributed by atoms with E-state index >= 15 is 0 Å². The van der Waals surface area contributed by atoms with Crippen LogP contribution in [0.15, 0.2) is 6.07 Å². The number of nitrogens with one attached hydrogen (secondary N) is 1. The van der Waals surface area contributed by atoms with Gasteiger partial charge in [-0.15, -0.1) is 11.3 Å². The smallest absolute Gasteiger partial charge is 0.328 e. The van der Waals surface area contributed by atoms with E-state index in [1.807, 2.05) is 13.8 Å². The molecule has 0 aliphatic carbocycles. The molecule has 0 spiro atoms. The lowest BCUT2D eigenvalue weighted by atomic mass is 10.2. The Kier molecular flexibility index (Phi) is 4.65. The highest BCUT2D eigenvalue weighted by Gasteiger charge is 2.20. The second kappa shape index (κ2) is 5.79. The molecule has 1 aromatic heterocycles. The fourth-order valence-electron chi connectivity index (χ4n) is 1.40. The molecule has 1 atom stereocenters. The van der Waals surface area contributed by atoms with Crippen LogP contribution in [0.2, 0.25) is 0 Å². The third-order valence-electron chi connectivity index (χ3n) is 2.41. The molecule has 0 saturated heterocycles. The van der Waals surface area contributed by atoms with Crippen molar-refractivity contribution in [1.29, 1.82) is 0 Å². The van der Waals surface area contributed by atoms with E-state index in [4.69, 9.17) is 10.2 Å². The average Bonchev–Trinajstić information content (AvgIpc) is 2.66. The number of carbonyl (C=O) groups excluding carboxylic acids is 1. The number of rotatable bonds is 5. The average molecular weight is 257 g/mol. The molecule has 1 amide bonds. The Morgan fingerprint density at radius 1 is 1.53 bits per heavy atom. The summed E-state index contributed by atoms with van der Waals surface area (Å²) in [6.07, 6.45) is 0.831. The molecule has 0 radical (unpaired) electrons. The summed E-state index contributed by atoms with van der Waals surface area (Å²) in [6, 6.07) is 0.501. The Morgan fingerprint density at radius 3 is 2.59 bits per heavy atom. The van der Waals surface area contributed by atoms with Gasteiger partial charge in [-0.05, 0) is 25.0 Å². The van der Waals surface area contributed by atoms with Gasteiger partial charge in [-0.1, -0.05) is 6.92 Å². The molecule has 0 aliphatic rings. The minimum absolute atomic E-state index is 0.459. The van der Waals surface area contributed by atoms with Crippen LogP contribution in [0.1, 0.15) is 27.0 Å². The van der Waals surface area contributed by atoms with Gasteiger partial charge in [-0.3, -0.25) is 4.79 Å². The lowest BCUT2D eigenvalue weighted by Crippen LogP contribution is -2.43. The molecule has 0 fully saturated rings. The van der Waals surface area contributed by atoms with Crippen LogP contribution in [0.25, 0.3) is 0 Å². The number of thiophene rings is 1. The zero-order valence-electron chi connectivity index (χ0n) is 9.69. The van der Waals surface area contributed by atoms with Crippen molar-refractivity contribution in [3.8, 4) is 0 Å². The Morgan fingerprint density at radius 2 is 2.18 bits per heavy atom. The highest BCUT2D eigenvalue weighted by molar-refractivity contribution is 7.14. The van der Waals surface area contributed by atoms with Crippen molar-refractivity contribution < 1.29 is 19.8 Å². The number of aryl methyl sites for hydroxylation is 2. The molecule has 0 saturated carbocycles. The number of carbonyl (C=O) groups is 2. The summed E-state index contributed by atoms with van der Waals surface area (Å²) in [7, 11) is 0. The maximum absolute atomic E-state index is 11.7. The highest BCUT2D eigenvalue weighted by atomic mass is 32.1. The molecular weight excluding hydrogens is 242 g/mol. The van der Waals surface area contributed by atoms with Crippen LogP contribution in [0, 0.1) is 6.92 Å². The van der Waals surface area contributed by atoms with E-state index < -0.39 is 24.5 Å². The van der Waals surface area contributed by atoms with Crippen molar-refractivity contribution in [2.45, 2.75) is 26.3 Å². The molecule has 5 nitrogen and oxygen atoms in total. The highest BCUT2D eigenvalue weighted by Crippen LogP contribution is 2.21. The largest absolute Gasteiger partial charge is 0.480 e. The summed E-state index contributed by atoms with van der Waals surface area (Å²) >= 11 is 1.32. The van der Waals surface area contributed by atoms with Gasteiger partial charge in [-0.25, -0.2) is 4.79 Å². The predicted molar refractivity (Wildman–Crippen MR) is 64.4 cm³/mol. The topological polar surface area (TPSA) is 86.6 Å². The fraction of sp³-hybridized carbons (Fsp3) is 0.455. The van der Waals surface area contributed by atoms with Crippen LogP contribution in [0.5, 0.6) is 0 Å². The quantitative estimate of drug-likeness (QED) is 0.728. The first-order valence-electron chi connectivity index (χ1n) is 5.23. The first-order chi connectivity index (χ1) is 7.99. The van der Waals surface area contributed by atoms with Crippen LogP contribution < -0.4 is 5.32 Å². The lowest BCUT2D eigenvalue weighted by Gasteiger charge is -2.10. The van der Waals surface area contributed by atoms with Crippen molar-refractivity contribution in [2.24, 2.45) is 0 Å². The lowest BCUT2D eigenvalue weighted by molar-refractivity contribution is -0.140. The summed E-state index contributed by atoms with van der Waals surface area (Å²) in [6.45, 7) is 3.29. The molecule has 1 aromatic rings. The van der Waals surface area contributed by atoms with E-state index in [1.54, 1.807) is 6.07 Å². The van der Waals surface area contributed by atoms with Crippen molar-refractivity contribution in [2.75, 3.05) is 6.61 Å². The standard InChI is InChI=1S/C11H15NO4S/c1-3-7-4-9(17-6(7)2)10(14)12-8(5-13)11(15)16/h4,8,13H,3,5H2,1-2H3,(H,12,14)(H,15,16)/t8-/m0/s1. The van der Waals surface area contributed by atoms with E-state index in [2.05, 4.69) is 5.32 Å². The van der Waals surface area contributed by atoms with Gasteiger partial charge >= 0.3 is 5.97 Å². The zero-order chi connectivity index (χ0) is 13.0. The van der Waals surface area contributed by atoms with Crippen LogP contribution >= 0.6 is 11.3 Å². The molecule has 3 N–H and O–H groups in total. The van der Waals surface area contributed by atoms with Crippen LogP contribution in [-0.4, -0.2) is 34.7 Å². The fourth-order valence-corrected chi connectivity index (χ4v) is 2.41. The molecule has 1 rings (SSSR count). The second-order valence-electron chi connectivity index (χ2n) is 3.59. The van der Waals surface area contributed by atoms with Crippen LogP contribution in [0.3, 0.4) is 0 Å². The zero-order valence-corrected chi connectivity index (χ0v) is 10.5. The number of aliphatic hydroxyl groups excluding tert-OH is 1. The summed E-state index contributed by atoms with van der Waals surface area (Å²) in [5.41, 5.74) is 1.08. The molecule has 6 heteroatoms. The van der Waals surface area contributed by atoms with Crippen LogP contribution in [-0.2, 0) is 11.2 Å². The number of hydrogen-bond donors (Lipinski definition) is 3. The van der Waals surface area contributed by atoms with Crippen molar-refractivity contribution in [3.05, 3.63) is 21.4 Å². The number of amides is 1. The predicted octanol–water partition coefficient (Wildman–Crippen LogP) is 0.794. The van der Waals surface area contributed by atoms with Gasteiger partial charge in [0.25, 0.3) is 5.91 Å². The summed E-state index contributed by atoms with van der Waals surface area (Å²) in [5, 5.41) is 19.8.